The largest absolute Gasteiger partial charge is 0.490 e. The van der Waals surface area contributed by atoms with E-state index in [2.05, 4.69) is 6.92 Å². The number of unbranched alkanes of at least 4 members (excludes halogenated alkanes) is 1. The highest BCUT2D eigenvalue weighted by atomic mass is 16.5. The quantitative estimate of drug-likeness (QED) is 0.795. The third-order valence-corrected chi connectivity index (χ3v) is 2.90. The van der Waals surface area contributed by atoms with Gasteiger partial charge in [-0.15, -0.1) is 0 Å². The Morgan fingerprint density at radius 2 is 2.25 bits per heavy atom. The van der Waals surface area contributed by atoms with Crippen molar-refractivity contribution in [1.82, 2.24) is 0 Å². The minimum absolute atomic E-state index is 0.345. The fraction of sp³-hybridized carbons (Fsp3) is 0.571. The Labute approximate surface area is 97.3 Å². The molecule has 1 fully saturated rings. The fourth-order valence-corrected chi connectivity index (χ4v) is 1.74. The highest BCUT2D eigenvalue weighted by Gasteiger charge is 2.23. The number of aliphatic hydroxyl groups excluding tert-OH is 1. The van der Waals surface area contributed by atoms with E-state index in [-0.39, 0.29) is 6.10 Å². The molecule has 0 aliphatic heterocycles. The molecule has 0 saturated heterocycles. The van der Waals surface area contributed by atoms with Gasteiger partial charge >= 0.3 is 0 Å². The third-order valence-electron chi connectivity index (χ3n) is 2.90. The first-order valence-electron chi connectivity index (χ1n) is 6.24. The molecule has 2 rings (SSSR count). The molecule has 0 bridgehead atoms. The van der Waals surface area contributed by atoms with Gasteiger partial charge in [0.25, 0.3) is 0 Å². The predicted octanol–water partition coefficient (Wildman–Crippen LogP) is 3.45. The van der Waals surface area contributed by atoms with Crippen LogP contribution in [0.15, 0.2) is 24.3 Å². The van der Waals surface area contributed by atoms with Gasteiger partial charge in [-0.1, -0.05) is 31.9 Å². The standard InChI is InChI=1S/C14H20O2/c1-2-3-7-14(15)11-5-4-6-13(10-11)16-12-8-9-12/h4-6,10,12,14-15H,2-3,7-9H2,1H3. The van der Waals surface area contributed by atoms with Crippen molar-refractivity contribution in [3.63, 3.8) is 0 Å². The molecular weight excluding hydrogens is 200 g/mol. The lowest BCUT2D eigenvalue weighted by Crippen LogP contribution is -2.00. The Morgan fingerprint density at radius 1 is 1.44 bits per heavy atom. The molecule has 2 heteroatoms. The van der Waals surface area contributed by atoms with Crippen LogP contribution in [0.3, 0.4) is 0 Å². The van der Waals surface area contributed by atoms with E-state index in [9.17, 15) is 5.11 Å². The van der Waals surface area contributed by atoms with Gasteiger partial charge in [-0.3, -0.25) is 0 Å². The van der Waals surface area contributed by atoms with Crippen molar-refractivity contribution in [2.45, 2.75) is 51.2 Å². The summed E-state index contributed by atoms with van der Waals surface area (Å²) < 4.78 is 5.71. The second-order valence-corrected chi connectivity index (χ2v) is 4.55. The Kier molecular flexibility index (Phi) is 3.83. The van der Waals surface area contributed by atoms with Gasteiger partial charge in [-0.25, -0.2) is 0 Å². The van der Waals surface area contributed by atoms with E-state index in [1.165, 1.54) is 12.8 Å². The summed E-state index contributed by atoms with van der Waals surface area (Å²) in [5.74, 6) is 0.899. The van der Waals surface area contributed by atoms with Gasteiger partial charge in [-0.2, -0.15) is 0 Å². The number of ether oxygens (including phenoxy) is 1. The van der Waals surface area contributed by atoms with E-state index < -0.39 is 0 Å². The van der Waals surface area contributed by atoms with Crippen LogP contribution in [-0.4, -0.2) is 11.2 Å². The lowest BCUT2D eigenvalue weighted by molar-refractivity contribution is 0.163. The lowest BCUT2D eigenvalue weighted by Gasteiger charge is -2.12. The van der Waals surface area contributed by atoms with Crippen molar-refractivity contribution in [2.24, 2.45) is 0 Å². The molecule has 1 aromatic carbocycles. The highest BCUT2D eigenvalue weighted by molar-refractivity contribution is 5.30. The summed E-state index contributed by atoms with van der Waals surface area (Å²) in [6, 6.07) is 7.87. The van der Waals surface area contributed by atoms with Gasteiger partial charge in [-0.05, 0) is 37.0 Å². The number of hydrogen-bond acceptors (Lipinski definition) is 2. The van der Waals surface area contributed by atoms with Crippen molar-refractivity contribution in [3.05, 3.63) is 29.8 Å². The molecule has 1 aromatic rings. The molecule has 2 nitrogen and oxygen atoms in total. The van der Waals surface area contributed by atoms with E-state index in [0.717, 1.165) is 30.6 Å². The van der Waals surface area contributed by atoms with E-state index in [1.807, 2.05) is 24.3 Å². The maximum atomic E-state index is 9.97. The van der Waals surface area contributed by atoms with Crippen LogP contribution in [0.4, 0.5) is 0 Å². The first-order chi connectivity index (χ1) is 7.79. The first-order valence-corrected chi connectivity index (χ1v) is 6.24. The van der Waals surface area contributed by atoms with Crippen LogP contribution in [0.25, 0.3) is 0 Å². The topological polar surface area (TPSA) is 29.5 Å². The monoisotopic (exact) mass is 220 g/mol. The summed E-state index contributed by atoms with van der Waals surface area (Å²) in [6.45, 7) is 2.14. The molecule has 0 aromatic heterocycles. The molecular formula is C14H20O2. The Morgan fingerprint density at radius 3 is 2.94 bits per heavy atom. The third kappa shape index (κ3) is 3.24. The van der Waals surface area contributed by atoms with Crippen molar-refractivity contribution in [3.8, 4) is 5.75 Å². The van der Waals surface area contributed by atoms with Gasteiger partial charge in [0.05, 0.1) is 12.2 Å². The average molecular weight is 220 g/mol. The highest BCUT2D eigenvalue weighted by Crippen LogP contribution is 2.29. The van der Waals surface area contributed by atoms with Crippen molar-refractivity contribution in [1.29, 1.82) is 0 Å². The second kappa shape index (κ2) is 5.35. The molecule has 0 spiro atoms. The molecule has 1 saturated carbocycles. The van der Waals surface area contributed by atoms with Crippen LogP contribution in [-0.2, 0) is 0 Å². The van der Waals surface area contributed by atoms with Gasteiger partial charge in [0.2, 0.25) is 0 Å². The molecule has 16 heavy (non-hydrogen) atoms. The second-order valence-electron chi connectivity index (χ2n) is 4.55. The smallest absolute Gasteiger partial charge is 0.120 e. The Balaban J connectivity index is 1.96. The van der Waals surface area contributed by atoms with Crippen LogP contribution in [0.1, 0.15) is 50.7 Å². The fourth-order valence-electron chi connectivity index (χ4n) is 1.74. The summed E-state index contributed by atoms with van der Waals surface area (Å²) in [5, 5.41) is 9.97. The lowest BCUT2D eigenvalue weighted by atomic mass is 10.0. The van der Waals surface area contributed by atoms with Crippen LogP contribution < -0.4 is 4.74 Å². The SMILES string of the molecule is CCCCC(O)c1cccc(OC2CC2)c1. The average Bonchev–Trinajstić information content (AvgIpc) is 3.10. The van der Waals surface area contributed by atoms with E-state index in [1.54, 1.807) is 0 Å². The minimum Gasteiger partial charge on any atom is -0.490 e. The van der Waals surface area contributed by atoms with Crippen molar-refractivity contribution >= 4 is 0 Å². The molecule has 1 atom stereocenters. The van der Waals surface area contributed by atoms with Crippen molar-refractivity contribution < 1.29 is 9.84 Å². The predicted molar refractivity (Wildman–Crippen MR) is 64.6 cm³/mol. The summed E-state index contributed by atoms with van der Waals surface area (Å²) in [4.78, 5) is 0. The van der Waals surface area contributed by atoms with E-state index in [0.29, 0.717) is 6.10 Å². The molecule has 1 aliphatic rings. The summed E-state index contributed by atoms with van der Waals surface area (Å²) in [7, 11) is 0. The zero-order valence-corrected chi connectivity index (χ0v) is 9.86. The van der Waals surface area contributed by atoms with Crippen LogP contribution in [0.2, 0.25) is 0 Å². The zero-order chi connectivity index (χ0) is 11.4. The molecule has 0 radical (unpaired) electrons. The van der Waals surface area contributed by atoms with Crippen LogP contribution in [0.5, 0.6) is 5.75 Å². The van der Waals surface area contributed by atoms with Gasteiger partial charge in [0, 0.05) is 0 Å². The van der Waals surface area contributed by atoms with Gasteiger partial charge in [0.1, 0.15) is 5.75 Å². The molecule has 88 valence electrons. The number of hydrogen-bond donors (Lipinski definition) is 1. The van der Waals surface area contributed by atoms with Gasteiger partial charge < -0.3 is 9.84 Å². The summed E-state index contributed by atoms with van der Waals surface area (Å²) in [5.41, 5.74) is 0.978. The van der Waals surface area contributed by atoms with Crippen LogP contribution in [0, 0.1) is 0 Å². The maximum absolute atomic E-state index is 9.97. The normalized spacial score (nSPS) is 17.1. The molecule has 0 amide bonds. The molecule has 1 N–H and O–H groups in total. The maximum Gasteiger partial charge on any atom is 0.120 e. The molecule has 0 heterocycles. The Bertz CT molecular complexity index is 331. The van der Waals surface area contributed by atoms with Gasteiger partial charge in [0.15, 0.2) is 0 Å². The molecule has 1 unspecified atom stereocenters. The van der Waals surface area contributed by atoms with Crippen molar-refractivity contribution in [2.75, 3.05) is 0 Å². The molecule has 1 aliphatic carbocycles. The van der Waals surface area contributed by atoms with E-state index >= 15 is 0 Å². The first kappa shape index (κ1) is 11.5. The Hall–Kier alpha value is -1.02. The number of aliphatic hydroxyl groups is 1. The minimum atomic E-state index is -0.345. The summed E-state index contributed by atoms with van der Waals surface area (Å²) in [6.07, 6.45) is 5.43. The van der Waals surface area contributed by atoms with E-state index in [4.69, 9.17) is 4.74 Å². The zero-order valence-electron chi connectivity index (χ0n) is 9.86. The van der Waals surface area contributed by atoms with Crippen LogP contribution >= 0.6 is 0 Å². The summed E-state index contributed by atoms with van der Waals surface area (Å²) >= 11 is 0. The number of rotatable bonds is 6. The number of benzene rings is 1.